The summed E-state index contributed by atoms with van der Waals surface area (Å²) in [5.41, 5.74) is 4.60. The summed E-state index contributed by atoms with van der Waals surface area (Å²) in [4.78, 5) is 8.57. The van der Waals surface area contributed by atoms with E-state index in [2.05, 4.69) is 46.6 Å². The van der Waals surface area contributed by atoms with Crippen LogP contribution in [0.5, 0.6) is 5.75 Å². The van der Waals surface area contributed by atoms with Gasteiger partial charge in [0, 0.05) is 23.9 Å². The smallest absolute Gasteiger partial charge is 0.135 e. The zero-order valence-corrected chi connectivity index (χ0v) is 14.7. The minimum atomic E-state index is 0.629. The van der Waals surface area contributed by atoms with Gasteiger partial charge in [0.15, 0.2) is 0 Å². The average Bonchev–Trinajstić information content (AvgIpc) is 2.63. The molecule has 0 aliphatic carbocycles. The molecule has 0 saturated heterocycles. The second kappa shape index (κ2) is 7.66. The number of nitrogens with one attached hydrogen (secondary N) is 2. The molecule has 0 saturated carbocycles. The van der Waals surface area contributed by atoms with Crippen LogP contribution in [0.25, 0.3) is 0 Å². The maximum Gasteiger partial charge on any atom is 0.135 e. The van der Waals surface area contributed by atoms with Crippen LogP contribution in [-0.4, -0.2) is 17.1 Å². The molecule has 25 heavy (non-hydrogen) atoms. The highest BCUT2D eigenvalue weighted by Crippen LogP contribution is 2.21. The van der Waals surface area contributed by atoms with Gasteiger partial charge < -0.3 is 15.4 Å². The van der Waals surface area contributed by atoms with E-state index in [0.29, 0.717) is 6.54 Å². The number of hydrogen-bond donors (Lipinski definition) is 2. The summed E-state index contributed by atoms with van der Waals surface area (Å²) in [6.07, 6.45) is 1.55. The standard InChI is InChI=1S/C20H22N4O/c1-14-8-9-17(10-15(14)2)24-20-11-19(22-13-23-20)21-12-16-6-4-5-7-18(16)25-3/h4-11,13H,12H2,1-3H3,(H2,21,22,23,24). The fraction of sp³-hybridized carbons (Fsp3) is 0.200. The molecule has 0 unspecified atom stereocenters. The first kappa shape index (κ1) is 16.8. The summed E-state index contributed by atoms with van der Waals surface area (Å²) < 4.78 is 5.37. The zero-order valence-electron chi connectivity index (χ0n) is 14.7. The van der Waals surface area contributed by atoms with Crippen LogP contribution in [0, 0.1) is 13.8 Å². The summed E-state index contributed by atoms with van der Waals surface area (Å²) in [6, 6.07) is 16.1. The van der Waals surface area contributed by atoms with E-state index >= 15 is 0 Å². The molecule has 0 aliphatic heterocycles. The second-order valence-corrected chi connectivity index (χ2v) is 5.88. The fourth-order valence-electron chi connectivity index (χ4n) is 2.52. The molecule has 3 rings (SSSR count). The lowest BCUT2D eigenvalue weighted by Crippen LogP contribution is -2.04. The normalized spacial score (nSPS) is 10.4. The summed E-state index contributed by atoms with van der Waals surface area (Å²) in [7, 11) is 1.68. The van der Waals surface area contributed by atoms with E-state index in [0.717, 1.165) is 28.6 Å². The van der Waals surface area contributed by atoms with Gasteiger partial charge in [0.05, 0.1) is 7.11 Å². The Morgan fingerprint density at radius 1 is 0.920 bits per heavy atom. The van der Waals surface area contributed by atoms with Crippen molar-refractivity contribution in [1.82, 2.24) is 9.97 Å². The van der Waals surface area contributed by atoms with Gasteiger partial charge in [-0.15, -0.1) is 0 Å². The van der Waals surface area contributed by atoms with Crippen LogP contribution in [-0.2, 0) is 6.54 Å². The van der Waals surface area contributed by atoms with Gasteiger partial charge in [0.1, 0.15) is 23.7 Å². The largest absolute Gasteiger partial charge is 0.496 e. The van der Waals surface area contributed by atoms with Crippen LogP contribution in [0.2, 0.25) is 0 Å². The number of anilines is 3. The monoisotopic (exact) mass is 334 g/mol. The maximum atomic E-state index is 5.37. The Balaban J connectivity index is 1.70. The van der Waals surface area contributed by atoms with Crippen molar-refractivity contribution in [2.24, 2.45) is 0 Å². The van der Waals surface area contributed by atoms with Gasteiger partial charge in [-0.1, -0.05) is 24.3 Å². The Bertz CT molecular complexity index is 864. The van der Waals surface area contributed by atoms with Crippen molar-refractivity contribution in [3.8, 4) is 5.75 Å². The molecule has 1 aromatic heterocycles. The first-order valence-electron chi connectivity index (χ1n) is 8.18. The number of ether oxygens (including phenoxy) is 1. The van der Waals surface area contributed by atoms with Crippen LogP contribution in [0.3, 0.4) is 0 Å². The molecule has 5 nitrogen and oxygen atoms in total. The highest BCUT2D eigenvalue weighted by Gasteiger charge is 2.04. The van der Waals surface area contributed by atoms with Crippen LogP contribution < -0.4 is 15.4 Å². The van der Waals surface area contributed by atoms with Gasteiger partial charge in [-0.25, -0.2) is 9.97 Å². The van der Waals surface area contributed by atoms with E-state index in [-0.39, 0.29) is 0 Å². The van der Waals surface area contributed by atoms with Crippen molar-refractivity contribution in [2.45, 2.75) is 20.4 Å². The highest BCUT2D eigenvalue weighted by atomic mass is 16.5. The van der Waals surface area contributed by atoms with Crippen molar-refractivity contribution >= 4 is 17.3 Å². The van der Waals surface area contributed by atoms with E-state index in [1.165, 1.54) is 11.1 Å². The van der Waals surface area contributed by atoms with Gasteiger partial charge in [-0.05, 0) is 43.2 Å². The minimum Gasteiger partial charge on any atom is -0.496 e. The molecule has 3 aromatic rings. The first-order valence-corrected chi connectivity index (χ1v) is 8.18. The summed E-state index contributed by atoms with van der Waals surface area (Å²) in [6.45, 7) is 4.83. The molecular weight excluding hydrogens is 312 g/mol. The first-order chi connectivity index (χ1) is 12.2. The van der Waals surface area contributed by atoms with Crippen molar-refractivity contribution < 1.29 is 4.74 Å². The summed E-state index contributed by atoms with van der Waals surface area (Å²) >= 11 is 0. The molecule has 5 heteroatoms. The van der Waals surface area contributed by atoms with Gasteiger partial charge in [0.2, 0.25) is 0 Å². The number of methoxy groups -OCH3 is 1. The molecule has 0 amide bonds. The lowest BCUT2D eigenvalue weighted by Gasteiger charge is -2.11. The molecular formula is C20H22N4O. The molecule has 1 heterocycles. The third-order valence-electron chi connectivity index (χ3n) is 4.10. The number of aryl methyl sites for hydroxylation is 2. The van der Waals surface area contributed by atoms with E-state index in [1.54, 1.807) is 13.4 Å². The van der Waals surface area contributed by atoms with Gasteiger partial charge in [0.25, 0.3) is 0 Å². The number of aromatic nitrogens is 2. The van der Waals surface area contributed by atoms with Gasteiger partial charge >= 0.3 is 0 Å². The van der Waals surface area contributed by atoms with E-state index in [9.17, 15) is 0 Å². The van der Waals surface area contributed by atoms with E-state index in [4.69, 9.17) is 4.74 Å². The Morgan fingerprint density at radius 3 is 2.52 bits per heavy atom. The van der Waals surface area contributed by atoms with Crippen molar-refractivity contribution in [2.75, 3.05) is 17.7 Å². The van der Waals surface area contributed by atoms with E-state index in [1.807, 2.05) is 36.4 Å². The highest BCUT2D eigenvalue weighted by molar-refractivity contribution is 5.60. The Kier molecular flexibility index (Phi) is 5.14. The number of rotatable bonds is 6. The molecule has 0 spiro atoms. The molecule has 0 bridgehead atoms. The second-order valence-electron chi connectivity index (χ2n) is 5.88. The van der Waals surface area contributed by atoms with Gasteiger partial charge in [-0.3, -0.25) is 0 Å². The topological polar surface area (TPSA) is 59.1 Å². The predicted octanol–water partition coefficient (Wildman–Crippen LogP) is 4.46. The number of nitrogens with zero attached hydrogens (tertiary/aromatic N) is 2. The Hall–Kier alpha value is -3.08. The molecule has 2 aromatic carbocycles. The van der Waals surface area contributed by atoms with Crippen molar-refractivity contribution in [3.63, 3.8) is 0 Å². The molecule has 0 fully saturated rings. The fourth-order valence-corrected chi connectivity index (χ4v) is 2.52. The molecule has 128 valence electrons. The number of para-hydroxylation sites is 1. The number of benzene rings is 2. The van der Waals surface area contributed by atoms with Crippen molar-refractivity contribution in [1.29, 1.82) is 0 Å². The molecule has 0 aliphatic rings. The Labute approximate surface area is 148 Å². The lowest BCUT2D eigenvalue weighted by molar-refractivity contribution is 0.410. The SMILES string of the molecule is COc1ccccc1CNc1cc(Nc2ccc(C)c(C)c2)ncn1. The van der Waals surface area contributed by atoms with Crippen LogP contribution in [0.15, 0.2) is 54.9 Å². The number of hydrogen-bond acceptors (Lipinski definition) is 5. The lowest BCUT2D eigenvalue weighted by atomic mass is 10.1. The van der Waals surface area contributed by atoms with E-state index < -0.39 is 0 Å². The summed E-state index contributed by atoms with van der Waals surface area (Å²) in [5.74, 6) is 2.37. The predicted molar refractivity (Wildman–Crippen MR) is 102 cm³/mol. The average molecular weight is 334 g/mol. The van der Waals surface area contributed by atoms with Crippen LogP contribution in [0.1, 0.15) is 16.7 Å². The van der Waals surface area contributed by atoms with Gasteiger partial charge in [-0.2, -0.15) is 0 Å². The molecule has 2 N–H and O–H groups in total. The maximum absolute atomic E-state index is 5.37. The molecule has 0 atom stereocenters. The third kappa shape index (κ3) is 4.26. The minimum absolute atomic E-state index is 0.629. The molecule has 0 radical (unpaired) electrons. The van der Waals surface area contributed by atoms with Crippen LogP contribution in [0.4, 0.5) is 17.3 Å². The van der Waals surface area contributed by atoms with Crippen LogP contribution >= 0.6 is 0 Å². The zero-order chi connectivity index (χ0) is 17.6. The third-order valence-corrected chi connectivity index (χ3v) is 4.10. The van der Waals surface area contributed by atoms with Crippen molar-refractivity contribution in [3.05, 3.63) is 71.5 Å². The Morgan fingerprint density at radius 2 is 1.72 bits per heavy atom. The summed E-state index contributed by atoms with van der Waals surface area (Å²) in [5, 5.41) is 6.63. The quantitative estimate of drug-likeness (QED) is 0.697.